The Morgan fingerprint density at radius 1 is 1.60 bits per heavy atom. The highest BCUT2D eigenvalue weighted by molar-refractivity contribution is 5.76. The van der Waals surface area contributed by atoms with Crippen LogP contribution >= 0.6 is 0 Å². The maximum absolute atomic E-state index is 11.4. The molecule has 2 rings (SSSR count). The maximum atomic E-state index is 11.4. The van der Waals surface area contributed by atoms with Crippen molar-refractivity contribution in [3.8, 4) is 0 Å². The van der Waals surface area contributed by atoms with Gasteiger partial charge in [-0.05, 0) is 20.3 Å². The summed E-state index contributed by atoms with van der Waals surface area (Å²) in [6.07, 6.45) is 2.28. The average Bonchev–Trinajstić information content (AvgIpc) is 2.97. The van der Waals surface area contributed by atoms with Gasteiger partial charge < -0.3 is 4.74 Å². The molecule has 0 amide bonds. The zero-order valence-electron chi connectivity index (χ0n) is 8.80. The van der Waals surface area contributed by atoms with Gasteiger partial charge in [0.1, 0.15) is 18.0 Å². The van der Waals surface area contributed by atoms with Crippen LogP contribution in [0.15, 0.2) is 6.33 Å². The van der Waals surface area contributed by atoms with Gasteiger partial charge in [-0.15, -0.1) is 0 Å². The zero-order valence-corrected chi connectivity index (χ0v) is 8.80. The fraction of sp³-hybridized carbons (Fsp3) is 0.600. The number of nitrogens with zero attached hydrogens (tertiary/aromatic N) is 3. The minimum absolute atomic E-state index is 0.0493. The third-order valence-electron chi connectivity index (χ3n) is 2.42. The quantitative estimate of drug-likeness (QED) is 0.687. The third kappa shape index (κ3) is 2.11. The maximum Gasteiger partial charge on any atom is 0.309 e. The van der Waals surface area contributed by atoms with E-state index in [-0.39, 0.29) is 17.8 Å². The largest absolute Gasteiger partial charge is 0.466 e. The standard InChI is InChI=1S/C10H13N3O2/c1-3-15-10(14)8-4-7(8)9-12-5-11-6(2)13-9/h5,7-8H,3-4H2,1-2H3/t7-,8-/m0/s1. The van der Waals surface area contributed by atoms with E-state index in [0.29, 0.717) is 18.3 Å². The molecule has 1 saturated carbocycles. The first kappa shape index (κ1) is 10.0. The van der Waals surface area contributed by atoms with Gasteiger partial charge in [0.05, 0.1) is 12.5 Å². The molecule has 1 aliphatic rings. The number of carbonyl (C=O) groups is 1. The van der Waals surface area contributed by atoms with Crippen molar-refractivity contribution in [2.24, 2.45) is 5.92 Å². The normalized spacial score (nSPS) is 23.6. The molecule has 15 heavy (non-hydrogen) atoms. The van der Waals surface area contributed by atoms with Gasteiger partial charge in [-0.25, -0.2) is 15.0 Å². The van der Waals surface area contributed by atoms with E-state index in [1.54, 1.807) is 0 Å². The summed E-state index contributed by atoms with van der Waals surface area (Å²) in [4.78, 5) is 23.6. The number of carbonyl (C=O) groups excluding carboxylic acids is 1. The van der Waals surface area contributed by atoms with E-state index < -0.39 is 0 Å². The summed E-state index contributed by atoms with van der Waals surface area (Å²) in [7, 11) is 0. The van der Waals surface area contributed by atoms with Gasteiger partial charge in [0.15, 0.2) is 0 Å². The second kappa shape index (κ2) is 3.92. The number of hydrogen-bond donors (Lipinski definition) is 0. The van der Waals surface area contributed by atoms with E-state index in [1.807, 2.05) is 13.8 Å². The second-order valence-corrected chi connectivity index (χ2v) is 3.59. The molecule has 0 radical (unpaired) electrons. The van der Waals surface area contributed by atoms with Crippen molar-refractivity contribution in [2.45, 2.75) is 26.2 Å². The van der Waals surface area contributed by atoms with Gasteiger partial charge in [-0.2, -0.15) is 0 Å². The van der Waals surface area contributed by atoms with Crippen LogP contribution in [0.2, 0.25) is 0 Å². The molecule has 1 fully saturated rings. The van der Waals surface area contributed by atoms with E-state index in [0.717, 1.165) is 6.42 Å². The van der Waals surface area contributed by atoms with Crippen LogP contribution in [-0.2, 0) is 9.53 Å². The van der Waals surface area contributed by atoms with Crippen LogP contribution in [0.25, 0.3) is 0 Å². The van der Waals surface area contributed by atoms with E-state index in [4.69, 9.17) is 4.74 Å². The van der Waals surface area contributed by atoms with Crippen molar-refractivity contribution >= 4 is 5.97 Å². The Morgan fingerprint density at radius 3 is 3.07 bits per heavy atom. The van der Waals surface area contributed by atoms with E-state index >= 15 is 0 Å². The molecule has 1 heterocycles. The highest BCUT2D eigenvalue weighted by atomic mass is 16.5. The summed E-state index contributed by atoms with van der Waals surface area (Å²) in [5, 5.41) is 0. The van der Waals surface area contributed by atoms with Crippen LogP contribution in [0, 0.1) is 12.8 Å². The van der Waals surface area contributed by atoms with Gasteiger partial charge in [-0.3, -0.25) is 4.79 Å². The first-order valence-corrected chi connectivity index (χ1v) is 5.04. The Kier molecular flexibility index (Phi) is 2.62. The molecule has 1 aromatic heterocycles. The van der Waals surface area contributed by atoms with Crippen LogP contribution in [0.4, 0.5) is 0 Å². The first-order valence-electron chi connectivity index (χ1n) is 5.04. The van der Waals surface area contributed by atoms with Crippen molar-refractivity contribution < 1.29 is 9.53 Å². The van der Waals surface area contributed by atoms with Crippen LogP contribution in [0.5, 0.6) is 0 Å². The minimum atomic E-state index is -0.138. The van der Waals surface area contributed by atoms with Gasteiger partial charge in [0.25, 0.3) is 0 Å². The van der Waals surface area contributed by atoms with E-state index in [9.17, 15) is 4.79 Å². The monoisotopic (exact) mass is 207 g/mol. The number of hydrogen-bond acceptors (Lipinski definition) is 5. The SMILES string of the molecule is CCOC(=O)[C@H]1C[C@@H]1c1ncnc(C)n1. The smallest absolute Gasteiger partial charge is 0.309 e. The predicted octanol–water partition coefficient (Wildman–Crippen LogP) is 0.847. The van der Waals surface area contributed by atoms with Gasteiger partial charge in [-0.1, -0.05) is 0 Å². The van der Waals surface area contributed by atoms with Crippen LogP contribution in [-0.4, -0.2) is 27.5 Å². The average molecular weight is 207 g/mol. The Balaban J connectivity index is 2.01. The summed E-state index contributed by atoms with van der Waals surface area (Å²) in [6, 6.07) is 0. The molecule has 80 valence electrons. The highest BCUT2D eigenvalue weighted by Crippen LogP contribution is 2.46. The Morgan fingerprint density at radius 2 is 2.40 bits per heavy atom. The molecule has 5 heteroatoms. The van der Waals surface area contributed by atoms with Crippen molar-refractivity contribution in [2.75, 3.05) is 6.61 Å². The van der Waals surface area contributed by atoms with Crippen LogP contribution < -0.4 is 0 Å². The molecule has 0 spiro atoms. The summed E-state index contributed by atoms with van der Waals surface area (Å²) < 4.78 is 4.94. The number of rotatable bonds is 3. The minimum Gasteiger partial charge on any atom is -0.466 e. The molecule has 0 N–H and O–H groups in total. The van der Waals surface area contributed by atoms with Crippen molar-refractivity contribution in [3.63, 3.8) is 0 Å². The van der Waals surface area contributed by atoms with E-state index in [2.05, 4.69) is 15.0 Å². The number of aromatic nitrogens is 3. The second-order valence-electron chi connectivity index (χ2n) is 3.59. The lowest BCUT2D eigenvalue weighted by atomic mass is 10.3. The summed E-state index contributed by atoms with van der Waals surface area (Å²) in [5.74, 6) is 1.34. The highest BCUT2D eigenvalue weighted by Gasteiger charge is 2.47. The summed E-state index contributed by atoms with van der Waals surface area (Å²) >= 11 is 0. The zero-order chi connectivity index (χ0) is 10.8. The molecule has 0 aliphatic heterocycles. The number of esters is 1. The predicted molar refractivity (Wildman–Crippen MR) is 52.0 cm³/mol. The number of ether oxygens (including phenoxy) is 1. The Labute approximate surface area is 87.9 Å². The fourth-order valence-electron chi connectivity index (χ4n) is 1.56. The van der Waals surface area contributed by atoms with E-state index in [1.165, 1.54) is 6.33 Å². The molecule has 1 aliphatic carbocycles. The van der Waals surface area contributed by atoms with Crippen molar-refractivity contribution in [1.82, 2.24) is 15.0 Å². The lowest BCUT2D eigenvalue weighted by Crippen LogP contribution is -2.08. The molecule has 2 atom stereocenters. The van der Waals surface area contributed by atoms with Crippen LogP contribution in [0.1, 0.15) is 30.9 Å². The topological polar surface area (TPSA) is 65.0 Å². The van der Waals surface area contributed by atoms with Gasteiger partial charge in [0.2, 0.25) is 0 Å². The Hall–Kier alpha value is -1.52. The lowest BCUT2D eigenvalue weighted by molar-refractivity contribution is -0.144. The Bertz CT molecular complexity index is 381. The fourth-order valence-corrected chi connectivity index (χ4v) is 1.56. The molecular formula is C10H13N3O2. The molecule has 0 unspecified atom stereocenters. The summed E-state index contributed by atoms with van der Waals surface area (Å²) in [5.41, 5.74) is 0. The molecule has 0 saturated heterocycles. The van der Waals surface area contributed by atoms with Crippen molar-refractivity contribution in [1.29, 1.82) is 0 Å². The van der Waals surface area contributed by atoms with Crippen LogP contribution in [0.3, 0.4) is 0 Å². The third-order valence-corrected chi connectivity index (χ3v) is 2.42. The van der Waals surface area contributed by atoms with Gasteiger partial charge in [0, 0.05) is 5.92 Å². The molecule has 5 nitrogen and oxygen atoms in total. The molecule has 0 bridgehead atoms. The molecular weight excluding hydrogens is 194 g/mol. The molecule has 1 aromatic rings. The first-order chi connectivity index (χ1) is 7.22. The molecule has 0 aromatic carbocycles. The lowest BCUT2D eigenvalue weighted by Gasteiger charge is -2.00. The summed E-state index contributed by atoms with van der Waals surface area (Å²) in [6.45, 7) is 4.05. The van der Waals surface area contributed by atoms with Crippen molar-refractivity contribution in [3.05, 3.63) is 18.0 Å². The number of aryl methyl sites for hydroxylation is 1. The van der Waals surface area contributed by atoms with Gasteiger partial charge >= 0.3 is 5.97 Å².